The first kappa shape index (κ1) is 17.0. The van der Waals surface area contributed by atoms with E-state index in [0.29, 0.717) is 18.2 Å². The molecule has 0 radical (unpaired) electrons. The van der Waals surface area contributed by atoms with Gasteiger partial charge in [-0.05, 0) is 55.6 Å². The number of carbonyl (C=O) groups is 1. The maximum atomic E-state index is 13.7. The highest BCUT2D eigenvalue weighted by Gasteiger charge is 2.37. The van der Waals surface area contributed by atoms with Crippen LogP contribution in [-0.4, -0.2) is 36.7 Å². The Morgan fingerprint density at radius 1 is 1.12 bits per heavy atom. The summed E-state index contributed by atoms with van der Waals surface area (Å²) >= 11 is 0. The summed E-state index contributed by atoms with van der Waals surface area (Å²) in [4.78, 5) is 16.8. The number of halogens is 1. The van der Waals surface area contributed by atoms with Crippen LogP contribution in [0.4, 0.5) is 14.9 Å². The van der Waals surface area contributed by atoms with Crippen LogP contribution in [0.3, 0.4) is 0 Å². The molecule has 3 saturated heterocycles. The quantitative estimate of drug-likeness (QED) is 0.830. The molecule has 0 saturated carbocycles. The van der Waals surface area contributed by atoms with Crippen molar-refractivity contribution in [3.8, 4) is 0 Å². The maximum Gasteiger partial charge on any atom is 0.414 e. The van der Waals surface area contributed by atoms with Crippen LogP contribution >= 0.6 is 0 Å². The lowest BCUT2D eigenvalue weighted by atomic mass is 9.86. The topological polar surface area (TPSA) is 32.8 Å². The fourth-order valence-corrected chi connectivity index (χ4v) is 3.91. The molecule has 3 aliphatic rings. The van der Waals surface area contributed by atoms with Crippen molar-refractivity contribution in [3.05, 3.63) is 66.0 Å². The monoisotopic (exact) mass is 354 g/mol. The Bertz CT molecular complexity index is 760. The van der Waals surface area contributed by atoms with Crippen LogP contribution < -0.4 is 4.90 Å². The predicted molar refractivity (Wildman–Crippen MR) is 98.5 cm³/mol. The summed E-state index contributed by atoms with van der Waals surface area (Å²) < 4.78 is 19.6. The van der Waals surface area contributed by atoms with Crippen molar-refractivity contribution >= 4 is 11.8 Å². The van der Waals surface area contributed by atoms with Crippen LogP contribution in [0.25, 0.3) is 0 Å². The van der Waals surface area contributed by atoms with Crippen LogP contribution in [0.15, 0.2) is 54.6 Å². The Kier molecular flexibility index (Phi) is 4.89. The number of anilines is 1. The lowest BCUT2D eigenvalue weighted by molar-refractivity contribution is -0.0311. The fourth-order valence-electron chi connectivity index (χ4n) is 3.91. The Balaban J connectivity index is 1.54. The minimum Gasteiger partial charge on any atom is -0.444 e. The summed E-state index contributed by atoms with van der Waals surface area (Å²) in [6, 6.07) is 15.8. The van der Waals surface area contributed by atoms with Crippen LogP contribution in [0.1, 0.15) is 18.4 Å². The third-order valence-electron chi connectivity index (χ3n) is 5.37. The van der Waals surface area contributed by atoms with Crippen molar-refractivity contribution in [2.24, 2.45) is 5.92 Å². The van der Waals surface area contributed by atoms with E-state index in [-0.39, 0.29) is 11.9 Å². The van der Waals surface area contributed by atoms with E-state index in [1.54, 1.807) is 12.1 Å². The van der Waals surface area contributed by atoms with E-state index in [4.69, 9.17) is 4.74 Å². The average molecular weight is 354 g/mol. The highest BCUT2D eigenvalue weighted by molar-refractivity contribution is 5.87. The number of fused-ring (bicyclic) bond motifs is 3. The van der Waals surface area contributed by atoms with E-state index >= 15 is 0 Å². The lowest BCUT2D eigenvalue weighted by Crippen LogP contribution is -2.53. The second-order valence-corrected chi connectivity index (χ2v) is 7.11. The Labute approximate surface area is 153 Å². The van der Waals surface area contributed by atoms with E-state index in [9.17, 15) is 9.18 Å². The zero-order chi connectivity index (χ0) is 17.9. The molecule has 0 N–H and O–H groups in total. The zero-order valence-electron chi connectivity index (χ0n) is 14.7. The lowest BCUT2D eigenvalue weighted by Gasteiger charge is -2.44. The molecule has 1 atom stereocenters. The van der Waals surface area contributed by atoms with Gasteiger partial charge < -0.3 is 4.74 Å². The van der Waals surface area contributed by atoms with Crippen LogP contribution in [0, 0.1) is 11.7 Å². The first-order valence-corrected chi connectivity index (χ1v) is 9.19. The highest BCUT2D eigenvalue weighted by Crippen LogP contribution is 2.30. The number of benzene rings is 2. The van der Waals surface area contributed by atoms with Crippen LogP contribution in [0.5, 0.6) is 0 Å². The molecule has 5 heteroatoms. The molecule has 0 aliphatic carbocycles. The van der Waals surface area contributed by atoms with E-state index in [0.717, 1.165) is 38.0 Å². The Morgan fingerprint density at radius 3 is 2.54 bits per heavy atom. The third kappa shape index (κ3) is 3.73. The van der Waals surface area contributed by atoms with Crippen molar-refractivity contribution in [2.45, 2.75) is 25.5 Å². The smallest absolute Gasteiger partial charge is 0.414 e. The minimum absolute atomic E-state index is 0.0724. The number of piperidine rings is 3. The first-order valence-electron chi connectivity index (χ1n) is 9.19. The molecule has 2 bridgehead atoms. The van der Waals surface area contributed by atoms with Crippen LogP contribution in [-0.2, 0) is 11.3 Å². The molecule has 2 aromatic rings. The normalized spacial score (nSPS) is 24.3. The fraction of sp³-hybridized carbons (Fsp3) is 0.381. The molecular formula is C21H23FN2O2. The van der Waals surface area contributed by atoms with Gasteiger partial charge in [-0.25, -0.2) is 9.18 Å². The molecule has 1 amide bonds. The van der Waals surface area contributed by atoms with Gasteiger partial charge in [0.2, 0.25) is 0 Å². The van der Waals surface area contributed by atoms with E-state index in [2.05, 4.69) is 4.90 Å². The molecule has 5 rings (SSSR count). The number of carbonyl (C=O) groups excluding carboxylic acids is 1. The second-order valence-electron chi connectivity index (χ2n) is 7.11. The molecule has 26 heavy (non-hydrogen) atoms. The number of rotatable bonds is 4. The van der Waals surface area contributed by atoms with Gasteiger partial charge in [-0.1, -0.05) is 36.4 Å². The molecule has 136 valence electrons. The van der Waals surface area contributed by atoms with Crippen molar-refractivity contribution < 1.29 is 13.9 Å². The van der Waals surface area contributed by atoms with Gasteiger partial charge in [0.1, 0.15) is 11.9 Å². The molecule has 0 aromatic heterocycles. The van der Waals surface area contributed by atoms with Gasteiger partial charge in [-0.2, -0.15) is 0 Å². The highest BCUT2D eigenvalue weighted by atomic mass is 19.1. The maximum absolute atomic E-state index is 13.7. The first-order chi connectivity index (χ1) is 12.7. The van der Waals surface area contributed by atoms with E-state index < -0.39 is 6.09 Å². The minimum atomic E-state index is -0.404. The van der Waals surface area contributed by atoms with Crippen LogP contribution in [0.2, 0.25) is 0 Å². The Morgan fingerprint density at radius 2 is 1.88 bits per heavy atom. The second kappa shape index (κ2) is 7.46. The summed E-state index contributed by atoms with van der Waals surface area (Å²) in [6.45, 7) is 3.34. The van der Waals surface area contributed by atoms with Gasteiger partial charge in [-0.3, -0.25) is 9.80 Å². The van der Waals surface area contributed by atoms with Gasteiger partial charge >= 0.3 is 6.09 Å². The standard InChI is InChI=1S/C21H23FN2O2/c22-18-7-4-8-19(13-18)24(14-16-5-2-1-3-6-16)21(25)26-20-15-23-11-9-17(20)10-12-23/h1-8,13,17,20H,9-12,14-15H2/t20-/m0/s1. The van der Waals surface area contributed by atoms with E-state index in [1.165, 1.54) is 17.0 Å². The van der Waals surface area contributed by atoms with Gasteiger partial charge in [0.25, 0.3) is 0 Å². The summed E-state index contributed by atoms with van der Waals surface area (Å²) in [7, 11) is 0. The predicted octanol–water partition coefficient (Wildman–Crippen LogP) is 4.06. The SMILES string of the molecule is O=C(O[C@H]1CN2CCC1CC2)N(Cc1ccccc1)c1cccc(F)c1. The van der Waals surface area contributed by atoms with Crippen molar-refractivity contribution in [3.63, 3.8) is 0 Å². The number of hydrogen-bond donors (Lipinski definition) is 0. The largest absolute Gasteiger partial charge is 0.444 e. The molecule has 3 fully saturated rings. The van der Waals surface area contributed by atoms with Gasteiger partial charge in [-0.15, -0.1) is 0 Å². The van der Waals surface area contributed by atoms with E-state index in [1.807, 2.05) is 30.3 Å². The Hall–Kier alpha value is -2.40. The summed E-state index contributed by atoms with van der Waals surface area (Å²) in [6.07, 6.45) is 1.68. The summed E-state index contributed by atoms with van der Waals surface area (Å²) in [5, 5.41) is 0. The third-order valence-corrected chi connectivity index (χ3v) is 5.37. The van der Waals surface area contributed by atoms with Gasteiger partial charge in [0.15, 0.2) is 0 Å². The zero-order valence-corrected chi connectivity index (χ0v) is 14.7. The molecule has 4 nitrogen and oxygen atoms in total. The molecular weight excluding hydrogens is 331 g/mol. The van der Waals surface area contributed by atoms with Gasteiger partial charge in [0, 0.05) is 6.54 Å². The molecule has 3 aliphatic heterocycles. The number of amides is 1. The summed E-state index contributed by atoms with van der Waals surface area (Å²) in [5.74, 6) is 0.0752. The molecule has 2 aromatic carbocycles. The molecule has 0 unspecified atom stereocenters. The molecule has 0 spiro atoms. The number of hydrogen-bond acceptors (Lipinski definition) is 3. The summed E-state index contributed by atoms with van der Waals surface area (Å²) in [5.41, 5.74) is 1.49. The van der Waals surface area contributed by atoms with Crippen molar-refractivity contribution in [1.82, 2.24) is 4.90 Å². The number of nitrogens with zero attached hydrogens (tertiary/aromatic N) is 2. The molecule has 3 heterocycles. The van der Waals surface area contributed by atoms with Crippen molar-refractivity contribution in [1.29, 1.82) is 0 Å². The number of ether oxygens (including phenoxy) is 1. The van der Waals surface area contributed by atoms with Crippen molar-refractivity contribution in [2.75, 3.05) is 24.5 Å². The van der Waals surface area contributed by atoms with Gasteiger partial charge in [0.05, 0.1) is 12.2 Å². The average Bonchev–Trinajstić information content (AvgIpc) is 2.68.